The summed E-state index contributed by atoms with van der Waals surface area (Å²) in [5.41, 5.74) is 3.64. The molecule has 13 heteroatoms. The standard InChI is InChI=1S/C41H44BrN5O6Si/c1-26-38(54(3,4)51)37(20-21-46-24-35(44-45-46)33(25-48)28-8-6-5-7-9-28)53-41(26)34-22-30(42)14-19-36(34)47(40(41)50)23-27-10-15-31(16-11-27)43-39(49)29-12-17-32(52-2)18-13-29/h5-19,22,24,26,33,37-38,48,51H,20-21,23,25H2,1-4H3,(H,43,49)/t26-,33?,37+,38-,41+/m0/s1. The van der Waals surface area contributed by atoms with Crippen molar-refractivity contribution in [3.05, 3.63) is 136 Å². The number of hydrogen-bond acceptors (Lipinski definition) is 8. The molecule has 5 atom stereocenters. The number of amides is 2. The van der Waals surface area contributed by atoms with E-state index in [1.807, 2.05) is 99.0 Å². The second-order valence-corrected chi connectivity index (χ2v) is 19.5. The van der Waals surface area contributed by atoms with Crippen LogP contribution in [0.15, 0.2) is 108 Å². The smallest absolute Gasteiger partial charge is 0.264 e. The fourth-order valence-corrected chi connectivity index (χ4v) is 11.2. The largest absolute Gasteiger partial charge is 0.497 e. The van der Waals surface area contributed by atoms with Crippen molar-refractivity contribution in [2.45, 2.75) is 62.7 Å². The summed E-state index contributed by atoms with van der Waals surface area (Å²) in [7, 11) is -1.30. The monoisotopic (exact) mass is 809 g/mol. The van der Waals surface area contributed by atoms with E-state index >= 15 is 0 Å². The first-order valence-corrected chi connectivity index (χ1v) is 21.9. The number of carbonyl (C=O) groups is 2. The number of ether oxygens (including phenoxy) is 2. The molecule has 0 saturated carbocycles. The van der Waals surface area contributed by atoms with E-state index in [0.717, 1.165) is 26.9 Å². The summed E-state index contributed by atoms with van der Waals surface area (Å²) in [5.74, 6) is -0.347. The molecular weight excluding hydrogens is 766 g/mol. The first-order valence-electron chi connectivity index (χ1n) is 18.0. The Hall–Kier alpha value is -4.66. The second kappa shape index (κ2) is 15.2. The number of nitrogens with one attached hydrogen (secondary N) is 1. The maximum absolute atomic E-state index is 14.9. The van der Waals surface area contributed by atoms with Crippen molar-refractivity contribution < 1.29 is 29.0 Å². The van der Waals surface area contributed by atoms with E-state index in [2.05, 4.69) is 31.6 Å². The maximum atomic E-state index is 14.9. The molecule has 2 aliphatic rings. The number of anilines is 2. The molecule has 1 aromatic heterocycles. The Morgan fingerprint density at radius 2 is 1.78 bits per heavy atom. The number of aliphatic hydroxyl groups is 1. The van der Waals surface area contributed by atoms with Crippen molar-refractivity contribution in [2.75, 3.05) is 23.9 Å². The van der Waals surface area contributed by atoms with E-state index < -0.39 is 20.0 Å². The van der Waals surface area contributed by atoms with Gasteiger partial charge in [-0.05, 0) is 85.2 Å². The summed E-state index contributed by atoms with van der Waals surface area (Å²) in [5, 5.41) is 21.9. The van der Waals surface area contributed by atoms with E-state index in [4.69, 9.17) is 9.47 Å². The molecule has 280 valence electrons. The van der Waals surface area contributed by atoms with Gasteiger partial charge in [0.25, 0.3) is 11.8 Å². The van der Waals surface area contributed by atoms with Gasteiger partial charge in [0.2, 0.25) is 0 Å². The minimum absolute atomic E-state index is 0.0975. The van der Waals surface area contributed by atoms with Crippen LogP contribution >= 0.6 is 15.9 Å². The Bertz CT molecular complexity index is 2120. The highest BCUT2D eigenvalue weighted by Crippen LogP contribution is 2.60. The van der Waals surface area contributed by atoms with Gasteiger partial charge >= 0.3 is 0 Å². The van der Waals surface area contributed by atoms with Gasteiger partial charge in [-0.2, -0.15) is 0 Å². The van der Waals surface area contributed by atoms with Gasteiger partial charge in [0, 0.05) is 45.5 Å². The van der Waals surface area contributed by atoms with Crippen LogP contribution in [-0.2, 0) is 28.2 Å². The lowest BCUT2D eigenvalue weighted by atomic mass is 9.82. The predicted molar refractivity (Wildman–Crippen MR) is 212 cm³/mol. The van der Waals surface area contributed by atoms with E-state index in [9.17, 15) is 19.5 Å². The third-order valence-corrected chi connectivity index (χ3v) is 13.8. The van der Waals surface area contributed by atoms with Crippen LogP contribution in [-0.4, -0.2) is 64.8 Å². The number of carbonyl (C=O) groups excluding carboxylic acids is 2. The van der Waals surface area contributed by atoms with Gasteiger partial charge in [-0.1, -0.05) is 70.5 Å². The molecule has 1 spiro atoms. The Morgan fingerprint density at radius 3 is 2.44 bits per heavy atom. The van der Waals surface area contributed by atoms with Gasteiger partial charge in [0.05, 0.1) is 43.7 Å². The highest BCUT2D eigenvalue weighted by atomic mass is 79.9. The number of halogens is 1. The Balaban J connectivity index is 1.11. The van der Waals surface area contributed by atoms with Crippen molar-refractivity contribution >= 4 is 47.4 Å². The average molecular weight is 811 g/mol. The van der Waals surface area contributed by atoms with Crippen LogP contribution in [0, 0.1) is 5.92 Å². The van der Waals surface area contributed by atoms with Crippen molar-refractivity contribution in [1.82, 2.24) is 15.0 Å². The van der Waals surface area contributed by atoms with Gasteiger partial charge in [-0.15, -0.1) is 5.10 Å². The molecule has 11 nitrogen and oxygen atoms in total. The molecule has 0 radical (unpaired) electrons. The molecule has 2 amide bonds. The van der Waals surface area contributed by atoms with Crippen molar-refractivity contribution in [1.29, 1.82) is 0 Å². The number of nitrogens with zero attached hydrogens (tertiary/aromatic N) is 4. The number of rotatable bonds is 12. The normalized spacial score (nSPS) is 21.4. The maximum Gasteiger partial charge on any atom is 0.264 e. The minimum atomic E-state index is -2.88. The molecule has 1 unspecified atom stereocenters. The van der Waals surface area contributed by atoms with E-state index in [1.54, 1.807) is 41.0 Å². The lowest BCUT2D eigenvalue weighted by molar-refractivity contribution is -0.146. The number of methoxy groups -OCH3 is 1. The van der Waals surface area contributed by atoms with E-state index in [-0.39, 0.29) is 35.8 Å². The molecule has 1 fully saturated rings. The van der Waals surface area contributed by atoms with E-state index in [1.165, 1.54) is 0 Å². The zero-order valence-electron chi connectivity index (χ0n) is 30.6. The minimum Gasteiger partial charge on any atom is -0.497 e. The number of aryl methyl sites for hydroxylation is 1. The van der Waals surface area contributed by atoms with Gasteiger partial charge in [-0.3, -0.25) is 14.3 Å². The highest BCUT2D eigenvalue weighted by molar-refractivity contribution is 9.10. The topological polar surface area (TPSA) is 139 Å². The summed E-state index contributed by atoms with van der Waals surface area (Å²) in [4.78, 5) is 41.2. The third-order valence-electron chi connectivity index (χ3n) is 10.8. The van der Waals surface area contributed by atoms with Crippen molar-refractivity contribution in [2.24, 2.45) is 5.92 Å². The summed E-state index contributed by atoms with van der Waals surface area (Å²) in [6.45, 7) is 6.51. The summed E-state index contributed by atoms with van der Waals surface area (Å²) in [6.07, 6.45) is 1.93. The zero-order chi connectivity index (χ0) is 38.2. The number of aromatic nitrogens is 3. The molecule has 0 aliphatic carbocycles. The molecule has 1 saturated heterocycles. The quantitative estimate of drug-likeness (QED) is 0.116. The highest BCUT2D eigenvalue weighted by Gasteiger charge is 2.66. The van der Waals surface area contributed by atoms with Crippen LogP contribution in [0.5, 0.6) is 5.75 Å². The predicted octanol–water partition coefficient (Wildman–Crippen LogP) is 6.86. The molecule has 0 bridgehead atoms. The number of fused-ring (bicyclic) bond motifs is 2. The Morgan fingerprint density at radius 1 is 1.06 bits per heavy atom. The van der Waals surface area contributed by atoms with Crippen LogP contribution in [0.3, 0.4) is 0 Å². The first-order chi connectivity index (χ1) is 25.9. The number of hydrogen-bond donors (Lipinski definition) is 3. The lowest BCUT2D eigenvalue weighted by Gasteiger charge is -2.32. The number of aliphatic hydroxyl groups excluding tert-OH is 1. The van der Waals surface area contributed by atoms with Crippen molar-refractivity contribution in [3.63, 3.8) is 0 Å². The van der Waals surface area contributed by atoms with Crippen LogP contribution in [0.25, 0.3) is 0 Å². The van der Waals surface area contributed by atoms with Crippen molar-refractivity contribution in [3.8, 4) is 5.75 Å². The molecule has 4 aromatic carbocycles. The van der Waals surface area contributed by atoms with Crippen LogP contribution in [0.4, 0.5) is 11.4 Å². The molecule has 2 aliphatic heterocycles. The fraction of sp³-hybridized carbons (Fsp3) is 0.317. The Labute approximate surface area is 324 Å². The van der Waals surface area contributed by atoms with Gasteiger partial charge in [0.15, 0.2) is 13.9 Å². The zero-order valence-corrected chi connectivity index (χ0v) is 33.2. The molecule has 3 N–H and O–H groups in total. The van der Waals surface area contributed by atoms with Crippen LogP contribution in [0.2, 0.25) is 18.6 Å². The van der Waals surface area contributed by atoms with Gasteiger partial charge < -0.3 is 29.6 Å². The second-order valence-electron chi connectivity index (χ2n) is 14.6. The van der Waals surface area contributed by atoms with Crippen LogP contribution in [0.1, 0.15) is 52.0 Å². The third kappa shape index (κ3) is 7.14. The molecule has 54 heavy (non-hydrogen) atoms. The van der Waals surface area contributed by atoms with Crippen LogP contribution < -0.4 is 15.0 Å². The molecule has 5 aromatic rings. The Kier molecular flexibility index (Phi) is 10.6. The average Bonchev–Trinajstić information content (AvgIpc) is 3.82. The summed E-state index contributed by atoms with van der Waals surface area (Å²) in [6, 6.07) is 29.9. The van der Waals surface area contributed by atoms with Gasteiger partial charge in [0.1, 0.15) is 5.75 Å². The summed E-state index contributed by atoms with van der Waals surface area (Å²) < 4.78 is 14.8. The lowest BCUT2D eigenvalue weighted by Crippen LogP contribution is -2.46. The van der Waals surface area contributed by atoms with E-state index in [0.29, 0.717) is 42.2 Å². The fourth-order valence-electron chi connectivity index (χ4n) is 8.20. The molecular formula is C41H44BrN5O6Si. The SMILES string of the molecule is COc1ccc(C(=O)Nc2ccc(CN3C(=O)[C@]4(O[C@H](CCn5cc(C(CO)c6ccccc6)nn5)[C@@H]([Si](C)(C)O)[C@@H]4C)c4cc(Br)ccc43)cc2)cc1. The molecule has 3 heterocycles. The number of benzene rings is 4. The first kappa shape index (κ1) is 37.6. The summed E-state index contributed by atoms with van der Waals surface area (Å²) >= 11 is 3.64. The molecule has 7 rings (SSSR count). The van der Waals surface area contributed by atoms with Gasteiger partial charge in [-0.25, -0.2) is 0 Å².